The van der Waals surface area contributed by atoms with Crippen molar-refractivity contribution < 1.29 is 14.4 Å². The first kappa shape index (κ1) is 22.7. The van der Waals surface area contributed by atoms with Crippen LogP contribution < -0.4 is 10.9 Å². The van der Waals surface area contributed by atoms with Crippen molar-refractivity contribution >= 4 is 29.2 Å². The quantitative estimate of drug-likeness (QED) is 0.549. The number of nitrogens with one attached hydrogen (secondary N) is 1. The minimum Gasteiger partial charge on any atom is -0.354 e. The summed E-state index contributed by atoms with van der Waals surface area (Å²) in [5.41, 5.74) is -0.155. The van der Waals surface area contributed by atoms with Crippen LogP contribution >= 0.6 is 11.6 Å². The Kier molecular flexibility index (Phi) is 7.28. The molecule has 0 bridgehead atoms. The molecule has 0 unspecified atom stereocenters. The van der Waals surface area contributed by atoms with Crippen LogP contribution in [-0.2, 0) is 9.59 Å². The van der Waals surface area contributed by atoms with Crippen LogP contribution in [0, 0.1) is 5.92 Å². The predicted octanol–water partition coefficient (Wildman–Crippen LogP) is 2.69. The van der Waals surface area contributed by atoms with Crippen molar-refractivity contribution in [1.29, 1.82) is 0 Å². The maximum atomic E-state index is 13.4. The highest BCUT2D eigenvalue weighted by molar-refractivity contribution is 6.30. The van der Waals surface area contributed by atoms with Gasteiger partial charge in [-0.1, -0.05) is 41.9 Å². The molecule has 0 radical (unpaired) electrons. The predicted molar refractivity (Wildman–Crippen MR) is 118 cm³/mol. The number of carbonyl (C=O) groups excluding carboxylic acids is 3. The highest BCUT2D eigenvalue weighted by Gasteiger charge is 2.36. The van der Waals surface area contributed by atoms with Gasteiger partial charge in [0, 0.05) is 42.9 Å². The van der Waals surface area contributed by atoms with Crippen LogP contribution in [0.25, 0.3) is 0 Å². The number of Topliss-reactive ketones (excluding diaryl/α,β-unsaturated/α-hetero) is 1. The van der Waals surface area contributed by atoms with E-state index < -0.39 is 23.3 Å². The molecule has 1 saturated heterocycles. The molecule has 1 atom stereocenters. The molecular weight excluding hydrogens is 418 g/mol. The number of rotatable bonds is 6. The van der Waals surface area contributed by atoms with E-state index in [1.807, 2.05) is 13.8 Å². The average Bonchev–Trinajstić information content (AvgIpc) is 2.76. The van der Waals surface area contributed by atoms with Gasteiger partial charge >= 0.3 is 0 Å². The first-order valence-electron chi connectivity index (χ1n) is 10.3. The number of halogens is 1. The molecule has 0 spiro atoms. The van der Waals surface area contributed by atoms with Gasteiger partial charge < -0.3 is 10.2 Å². The smallest absolute Gasteiger partial charge is 0.253 e. The van der Waals surface area contributed by atoms with Crippen molar-refractivity contribution in [3.63, 3.8) is 0 Å². The summed E-state index contributed by atoms with van der Waals surface area (Å²) in [4.78, 5) is 53.1. The summed E-state index contributed by atoms with van der Waals surface area (Å²) < 4.78 is 1.09. The maximum Gasteiger partial charge on any atom is 0.253 e. The summed E-state index contributed by atoms with van der Waals surface area (Å²) in [6.45, 7) is 4.48. The molecule has 1 aliphatic rings. The Labute approximate surface area is 186 Å². The van der Waals surface area contributed by atoms with E-state index in [0.717, 1.165) is 4.57 Å². The van der Waals surface area contributed by atoms with E-state index in [0.29, 0.717) is 31.5 Å². The Hall–Kier alpha value is -2.93. The summed E-state index contributed by atoms with van der Waals surface area (Å²) in [5.74, 6) is -1.15. The van der Waals surface area contributed by atoms with E-state index in [4.69, 9.17) is 11.6 Å². The minimum absolute atomic E-state index is 0.0231. The van der Waals surface area contributed by atoms with Gasteiger partial charge in [0.2, 0.25) is 5.91 Å². The molecule has 1 fully saturated rings. The second kappa shape index (κ2) is 9.92. The van der Waals surface area contributed by atoms with Crippen molar-refractivity contribution in [2.75, 3.05) is 13.1 Å². The number of nitrogens with zero attached hydrogens (tertiary/aromatic N) is 2. The van der Waals surface area contributed by atoms with Gasteiger partial charge in [0.05, 0.1) is 5.02 Å². The zero-order chi connectivity index (χ0) is 22.5. The van der Waals surface area contributed by atoms with Crippen molar-refractivity contribution in [1.82, 2.24) is 14.8 Å². The standard InChI is InChI=1S/C23H26ClN3O4/c1-15(2)25-22(30)17-10-12-26(13-11-17)23(31)20(21(29)16-6-4-3-5-7-16)27-14-18(24)8-9-19(27)28/h3-9,14-15,17,20H,10-13H2,1-2H3,(H,25,30)/t20-/m0/s1. The lowest BCUT2D eigenvalue weighted by molar-refractivity contribution is -0.137. The number of piperidine rings is 1. The highest BCUT2D eigenvalue weighted by atomic mass is 35.5. The molecule has 1 aromatic carbocycles. The molecule has 1 aliphatic heterocycles. The Bertz CT molecular complexity index is 1010. The lowest BCUT2D eigenvalue weighted by atomic mass is 9.94. The Morgan fingerprint density at radius 1 is 1.03 bits per heavy atom. The molecule has 3 rings (SSSR count). The largest absolute Gasteiger partial charge is 0.354 e. The molecule has 8 heteroatoms. The SMILES string of the molecule is CC(C)NC(=O)C1CCN(C(=O)[C@H](C(=O)c2ccccc2)n2cc(Cl)ccc2=O)CC1. The summed E-state index contributed by atoms with van der Waals surface area (Å²) in [6, 6.07) is 9.76. The topological polar surface area (TPSA) is 88.5 Å². The van der Waals surface area contributed by atoms with Gasteiger partial charge in [-0.05, 0) is 32.8 Å². The monoisotopic (exact) mass is 443 g/mol. The molecule has 164 valence electrons. The number of hydrogen-bond acceptors (Lipinski definition) is 4. The second-order valence-corrected chi connectivity index (χ2v) is 8.42. The van der Waals surface area contributed by atoms with Gasteiger partial charge in [-0.15, -0.1) is 0 Å². The third-order valence-electron chi connectivity index (χ3n) is 5.33. The number of likely N-dealkylation sites (tertiary alicyclic amines) is 1. The number of carbonyl (C=O) groups is 3. The number of hydrogen-bond donors (Lipinski definition) is 1. The van der Waals surface area contributed by atoms with Crippen LogP contribution in [0.5, 0.6) is 0 Å². The fourth-order valence-electron chi connectivity index (χ4n) is 3.73. The van der Waals surface area contributed by atoms with Crippen molar-refractivity contribution in [2.45, 2.75) is 38.8 Å². The summed E-state index contributed by atoms with van der Waals surface area (Å²) in [7, 11) is 0. The van der Waals surface area contributed by atoms with Crippen LogP contribution in [0.4, 0.5) is 0 Å². The number of aromatic nitrogens is 1. The average molecular weight is 444 g/mol. The molecule has 0 saturated carbocycles. The molecule has 1 aromatic heterocycles. The second-order valence-electron chi connectivity index (χ2n) is 7.99. The van der Waals surface area contributed by atoms with Gasteiger partial charge in [0.25, 0.3) is 11.5 Å². The molecular formula is C23H26ClN3O4. The van der Waals surface area contributed by atoms with Crippen LogP contribution in [0.3, 0.4) is 0 Å². The van der Waals surface area contributed by atoms with Gasteiger partial charge in [-0.3, -0.25) is 23.7 Å². The first-order chi connectivity index (χ1) is 14.8. The lowest BCUT2D eigenvalue weighted by Gasteiger charge is -2.34. The fourth-order valence-corrected chi connectivity index (χ4v) is 3.90. The van der Waals surface area contributed by atoms with Crippen molar-refractivity contribution in [3.8, 4) is 0 Å². The van der Waals surface area contributed by atoms with E-state index in [1.165, 1.54) is 18.3 Å². The minimum atomic E-state index is -1.35. The van der Waals surface area contributed by atoms with E-state index in [2.05, 4.69) is 5.32 Å². The van der Waals surface area contributed by atoms with Crippen molar-refractivity contribution in [2.24, 2.45) is 5.92 Å². The van der Waals surface area contributed by atoms with Gasteiger partial charge in [-0.2, -0.15) is 0 Å². The van der Waals surface area contributed by atoms with E-state index in [9.17, 15) is 19.2 Å². The summed E-state index contributed by atoms with van der Waals surface area (Å²) in [6.07, 6.45) is 2.32. The van der Waals surface area contributed by atoms with Crippen molar-refractivity contribution in [3.05, 3.63) is 69.6 Å². The molecule has 7 nitrogen and oxygen atoms in total. The van der Waals surface area contributed by atoms with Crippen LogP contribution in [0.15, 0.2) is 53.5 Å². The van der Waals surface area contributed by atoms with Crippen LogP contribution in [0.1, 0.15) is 43.1 Å². The van der Waals surface area contributed by atoms with Crippen LogP contribution in [-0.4, -0.2) is 46.2 Å². The lowest BCUT2D eigenvalue weighted by Crippen LogP contribution is -2.48. The molecule has 0 aliphatic carbocycles. The molecule has 2 heterocycles. The number of benzene rings is 1. The zero-order valence-corrected chi connectivity index (χ0v) is 18.3. The third kappa shape index (κ3) is 5.41. The summed E-state index contributed by atoms with van der Waals surface area (Å²) >= 11 is 6.06. The van der Waals surface area contributed by atoms with Gasteiger partial charge in [0.15, 0.2) is 11.8 Å². The molecule has 31 heavy (non-hydrogen) atoms. The number of ketones is 1. The van der Waals surface area contributed by atoms with Gasteiger partial charge in [0.1, 0.15) is 0 Å². The Morgan fingerprint density at radius 3 is 2.29 bits per heavy atom. The number of amides is 2. The number of pyridine rings is 1. The Morgan fingerprint density at radius 2 is 1.68 bits per heavy atom. The van der Waals surface area contributed by atoms with E-state index in [1.54, 1.807) is 35.2 Å². The van der Waals surface area contributed by atoms with E-state index in [-0.39, 0.29) is 22.9 Å². The Balaban J connectivity index is 1.86. The third-order valence-corrected chi connectivity index (χ3v) is 5.55. The normalized spacial score (nSPS) is 15.5. The van der Waals surface area contributed by atoms with Crippen LogP contribution in [0.2, 0.25) is 5.02 Å². The zero-order valence-electron chi connectivity index (χ0n) is 17.6. The fraction of sp³-hybridized carbons (Fsp3) is 0.391. The highest BCUT2D eigenvalue weighted by Crippen LogP contribution is 2.23. The van der Waals surface area contributed by atoms with Gasteiger partial charge in [-0.25, -0.2) is 0 Å². The molecule has 2 aromatic rings. The molecule has 1 N–H and O–H groups in total. The molecule has 2 amide bonds. The van der Waals surface area contributed by atoms with E-state index >= 15 is 0 Å². The summed E-state index contributed by atoms with van der Waals surface area (Å²) in [5, 5.41) is 3.15. The first-order valence-corrected chi connectivity index (χ1v) is 10.7. The maximum absolute atomic E-state index is 13.4.